The Labute approximate surface area is 119 Å². The quantitative estimate of drug-likeness (QED) is 0.860. The van der Waals surface area contributed by atoms with Crippen LogP contribution >= 0.6 is 0 Å². The van der Waals surface area contributed by atoms with Crippen molar-refractivity contribution in [2.75, 3.05) is 11.5 Å². The second-order valence-electron chi connectivity index (χ2n) is 4.38. The molecule has 0 saturated carbocycles. The highest BCUT2D eigenvalue weighted by Gasteiger charge is 2.14. The van der Waals surface area contributed by atoms with E-state index in [0.717, 1.165) is 5.56 Å². The van der Waals surface area contributed by atoms with E-state index in [1.807, 2.05) is 30.3 Å². The van der Waals surface area contributed by atoms with Crippen molar-refractivity contribution in [3.05, 3.63) is 54.1 Å². The minimum atomic E-state index is -3.26. The number of nitrogen functional groups attached to an aromatic ring is 1. The van der Waals surface area contributed by atoms with Gasteiger partial charge in [-0.1, -0.05) is 37.3 Å². The maximum atomic E-state index is 11.8. The van der Waals surface area contributed by atoms with E-state index in [0.29, 0.717) is 18.0 Å². The molecule has 2 aromatic carbocycles. The molecule has 0 bridgehead atoms. The smallest absolute Gasteiger partial charge is 0.178 e. The Balaban J connectivity index is 2.22. The molecule has 0 heterocycles. The van der Waals surface area contributed by atoms with Gasteiger partial charge in [-0.25, -0.2) is 8.42 Å². The highest BCUT2D eigenvalue weighted by Crippen LogP contribution is 2.26. The Morgan fingerprint density at radius 1 is 1.10 bits per heavy atom. The Bertz CT molecular complexity index is 682. The van der Waals surface area contributed by atoms with Gasteiger partial charge in [-0.2, -0.15) is 0 Å². The average Bonchev–Trinajstić information content (AvgIpc) is 2.47. The third-order valence-electron chi connectivity index (χ3n) is 2.96. The lowest BCUT2D eigenvalue weighted by Gasteiger charge is -2.11. The maximum Gasteiger partial charge on any atom is 0.178 e. The minimum absolute atomic E-state index is 0.0506. The average molecular weight is 291 g/mol. The molecule has 5 heteroatoms. The molecule has 0 fully saturated rings. The molecule has 0 aromatic heterocycles. The molecule has 20 heavy (non-hydrogen) atoms. The van der Waals surface area contributed by atoms with Crippen LogP contribution in [-0.2, 0) is 16.4 Å². The Morgan fingerprint density at radius 3 is 2.45 bits per heavy atom. The van der Waals surface area contributed by atoms with Gasteiger partial charge in [0.05, 0.1) is 16.3 Å². The molecule has 106 valence electrons. The normalized spacial score (nSPS) is 11.2. The van der Waals surface area contributed by atoms with E-state index < -0.39 is 9.84 Å². The van der Waals surface area contributed by atoms with Crippen molar-refractivity contribution in [3.8, 4) is 5.75 Å². The van der Waals surface area contributed by atoms with Gasteiger partial charge in [0.2, 0.25) is 0 Å². The molecule has 0 aliphatic rings. The molecule has 0 radical (unpaired) electrons. The summed E-state index contributed by atoms with van der Waals surface area (Å²) < 4.78 is 29.3. The third kappa shape index (κ3) is 3.30. The van der Waals surface area contributed by atoms with Crippen LogP contribution in [0, 0.1) is 0 Å². The second-order valence-corrected chi connectivity index (χ2v) is 6.66. The summed E-state index contributed by atoms with van der Waals surface area (Å²) in [5, 5.41) is 0. The molecule has 0 aliphatic carbocycles. The summed E-state index contributed by atoms with van der Waals surface area (Å²) in [7, 11) is -3.26. The van der Waals surface area contributed by atoms with Gasteiger partial charge in [-0.15, -0.1) is 0 Å². The van der Waals surface area contributed by atoms with E-state index in [1.165, 1.54) is 12.1 Å². The monoisotopic (exact) mass is 291 g/mol. The molecule has 0 spiro atoms. The van der Waals surface area contributed by atoms with E-state index in [9.17, 15) is 8.42 Å². The van der Waals surface area contributed by atoms with Crippen molar-refractivity contribution in [1.29, 1.82) is 0 Å². The number of rotatable bonds is 5. The molecule has 2 N–H and O–H groups in total. The zero-order valence-electron chi connectivity index (χ0n) is 11.2. The summed E-state index contributed by atoms with van der Waals surface area (Å²) in [5.74, 6) is 0.443. The van der Waals surface area contributed by atoms with Crippen LogP contribution < -0.4 is 10.5 Å². The first-order valence-corrected chi connectivity index (χ1v) is 7.97. The topological polar surface area (TPSA) is 69.4 Å². The SMILES string of the molecule is CCS(=O)(=O)c1ccc(N)c(OCc2ccccc2)c1. The van der Waals surface area contributed by atoms with Crippen molar-refractivity contribution in [1.82, 2.24) is 0 Å². The minimum Gasteiger partial charge on any atom is -0.487 e. The van der Waals surface area contributed by atoms with E-state index in [4.69, 9.17) is 10.5 Å². The Kier molecular flexibility index (Phi) is 4.29. The van der Waals surface area contributed by atoms with Crippen molar-refractivity contribution in [2.24, 2.45) is 0 Å². The van der Waals surface area contributed by atoms with Gasteiger partial charge in [-0.05, 0) is 17.7 Å². The predicted molar refractivity (Wildman–Crippen MR) is 79.4 cm³/mol. The van der Waals surface area contributed by atoms with E-state index >= 15 is 0 Å². The lowest BCUT2D eigenvalue weighted by Crippen LogP contribution is -2.05. The highest BCUT2D eigenvalue weighted by molar-refractivity contribution is 7.91. The molecular formula is C15H17NO3S. The van der Waals surface area contributed by atoms with E-state index in [1.54, 1.807) is 13.0 Å². The molecule has 0 saturated heterocycles. The van der Waals surface area contributed by atoms with Gasteiger partial charge in [0, 0.05) is 6.07 Å². The molecule has 4 nitrogen and oxygen atoms in total. The Hall–Kier alpha value is -2.01. The van der Waals surface area contributed by atoms with Gasteiger partial charge >= 0.3 is 0 Å². The largest absolute Gasteiger partial charge is 0.487 e. The second kappa shape index (κ2) is 5.96. The van der Waals surface area contributed by atoms with Crippen LogP contribution in [-0.4, -0.2) is 14.2 Å². The number of benzene rings is 2. The van der Waals surface area contributed by atoms with Crippen LogP contribution in [0.3, 0.4) is 0 Å². The lowest BCUT2D eigenvalue weighted by molar-refractivity contribution is 0.307. The summed E-state index contributed by atoms with van der Waals surface area (Å²) in [4.78, 5) is 0.234. The number of anilines is 1. The van der Waals surface area contributed by atoms with Gasteiger partial charge < -0.3 is 10.5 Å². The van der Waals surface area contributed by atoms with Crippen LogP contribution in [0.25, 0.3) is 0 Å². The predicted octanol–water partition coefficient (Wildman–Crippen LogP) is 2.64. The van der Waals surface area contributed by atoms with Gasteiger partial charge in [0.25, 0.3) is 0 Å². The van der Waals surface area contributed by atoms with Crippen molar-refractivity contribution in [2.45, 2.75) is 18.4 Å². The summed E-state index contributed by atoms with van der Waals surface area (Å²) in [6, 6.07) is 14.2. The highest BCUT2D eigenvalue weighted by atomic mass is 32.2. The lowest BCUT2D eigenvalue weighted by atomic mass is 10.2. The van der Waals surface area contributed by atoms with E-state index in [2.05, 4.69) is 0 Å². The van der Waals surface area contributed by atoms with Gasteiger partial charge in [-0.3, -0.25) is 0 Å². The Morgan fingerprint density at radius 2 is 1.80 bits per heavy atom. The fraction of sp³-hybridized carbons (Fsp3) is 0.200. The fourth-order valence-corrected chi connectivity index (χ4v) is 2.63. The number of ether oxygens (including phenoxy) is 1. The molecule has 0 aliphatic heterocycles. The fourth-order valence-electron chi connectivity index (χ4n) is 1.74. The van der Waals surface area contributed by atoms with Crippen LogP contribution in [0.2, 0.25) is 0 Å². The summed E-state index contributed by atoms with van der Waals surface area (Å²) >= 11 is 0. The molecule has 2 aromatic rings. The number of sulfone groups is 1. The van der Waals surface area contributed by atoms with Gasteiger partial charge in [0.15, 0.2) is 9.84 Å². The zero-order chi connectivity index (χ0) is 14.6. The van der Waals surface area contributed by atoms with Crippen LogP contribution in [0.1, 0.15) is 12.5 Å². The number of nitrogens with two attached hydrogens (primary N) is 1. The third-order valence-corrected chi connectivity index (χ3v) is 4.69. The van der Waals surface area contributed by atoms with Crippen LogP contribution in [0.4, 0.5) is 5.69 Å². The summed E-state index contributed by atoms with van der Waals surface area (Å²) in [5.41, 5.74) is 7.24. The van der Waals surface area contributed by atoms with Crippen molar-refractivity contribution in [3.63, 3.8) is 0 Å². The zero-order valence-corrected chi connectivity index (χ0v) is 12.1. The summed E-state index contributed by atoms with van der Waals surface area (Å²) in [6.45, 7) is 1.96. The van der Waals surface area contributed by atoms with Crippen LogP contribution in [0.15, 0.2) is 53.4 Å². The van der Waals surface area contributed by atoms with Crippen molar-refractivity contribution < 1.29 is 13.2 Å². The molecule has 0 unspecified atom stereocenters. The standard InChI is InChI=1S/C15H17NO3S/c1-2-20(17,18)13-8-9-14(16)15(10-13)19-11-12-6-4-3-5-7-12/h3-10H,2,11,16H2,1H3. The van der Waals surface area contributed by atoms with Gasteiger partial charge in [0.1, 0.15) is 12.4 Å². The van der Waals surface area contributed by atoms with E-state index in [-0.39, 0.29) is 10.6 Å². The number of hydrogen-bond acceptors (Lipinski definition) is 4. The van der Waals surface area contributed by atoms with Crippen LogP contribution in [0.5, 0.6) is 5.75 Å². The first kappa shape index (κ1) is 14.4. The number of hydrogen-bond donors (Lipinski definition) is 1. The first-order valence-electron chi connectivity index (χ1n) is 6.32. The van der Waals surface area contributed by atoms with Crippen molar-refractivity contribution >= 4 is 15.5 Å². The maximum absolute atomic E-state index is 11.8. The molecule has 2 rings (SSSR count). The molecular weight excluding hydrogens is 274 g/mol. The first-order chi connectivity index (χ1) is 9.53. The molecule has 0 amide bonds. The molecule has 0 atom stereocenters. The summed E-state index contributed by atoms with van der Waals surface area (Å²) in [6.07, 6.45) is 0.